The van der Waals surface area contributed by atoms with Gasteiger partial charge in [0.25, 0.3) is 0 Å². The fraction of sp³-hybridized carbons (Fsp3) is 0.214. The molecule has 3 nitrogen and oxygen atoms in total. The molecular weight excluding hydrogens is 246 g/mol. The molecule has 0 bridgehead atoms. The molecule has 0 saturated heterocycles. The maximum atomic E-state index is 11.5. The van der Waals surface area contributed by atoms with Gasteiger partial charge in [-0.1, -0.05) is 0 Å². The molecule has 0 aliphatic heterocycles. The van der Waals surface area contributed by atoms with Gasteiger partial charge in [0.15, 0.2) is 5.78 Å². The van der Waals surface area contributed by atoms with Crippen LogP contribution in [0.2, 0.25) is 0 Å². The van der Waals surface area contributed by atoms with Crippen LogP contribution in [0.3, 0.4) is 0 Å². The fourth-order valence-corrected chi connectivity index (χ4v) is 3.12. The van der Waals surface area contributed by atoms with Crippen molar-refractivity contribution in [2.75, 3.05) is 12.8 Å². The smallest absolute Gasteiger partial charge is 0.163 e. The maximum absolute atomic E-state index is 11.5. The van der Waals surface area contributed by atoms with Crippen LogP contribution in [-0.2, 0) is 0 Å². The highest BCUT2D eigenvalue weighted by Crippen LogP contribution is 2.38. The molecule has 1 aromatic carbocycles. The number of anilines is 1. The number of thiophene rings is 1. The molecule has 2 N–H and O–H groups in total. The Kier molecular flexibility index (Phi) is 3.39. The average Bonchev–Trinajstić information content (AvgIpc) is 2.65. The summed E-state index contributed by atoms with van der Waals surface area (Å²) >= 11 is 1.45. The largest absolute Gasteiger partial charge is 0.497 e. The number of nitrogen functional groups attached to an aromatic ring is 1. The molecule has 0 spiro atoms. The van der Waals surface area contributed by atoms with Crippen molar-refractivity contribution in [2.45, 2.75) is 13.8 Å². The van der Waals surface area contributed by atoms with Gasteiger partial charge in [-0.05, 0) is 49.2 Å². The molecule has 2 aromatic rings. The minimum atomic E-state index is 0.0148. The van der Waals surface area contributed by atoms with Gasteiger partial charge in [-0.15, -0.1) is 11.3 Å². The normalized spacial score (nSPS) is 10.4. The highest BCUT2D eigenvalue weighted by Gasteiger charge is 2.17. The number of ketones is 1. The van der Waals surface area contributed by atoms with Gasteiger partial charge in [0, 0.05) is 4.88 Å². The van der Waals surface area contributed by atoms with Crippen LogP contribution in [0.15, 0.2) is 24.3 Å². The molecule has 4 heteroatoms. The van der Waals surface area contributed by atoms with Gasteiger partial charge in [-0.25, -0.2) is 0 Å². The standard InChI is InChI=1S/C14H15NO2S/c1-8-12(9(2)16)14(15)18-13(8)10-4-6-11(17-3)7-5-10/h4-7H,15H2,1-3H3. The van der Waals surface area contributed by atoms with E-state index < -0.39 is 0 Å². The van der Waals surface area contributed by atoms with E-state index in [1.807, 2.05) is 31.2 Å². The van der Waals surface area contributed by atoms with E-state index in [-0.39, 0.29) is 5.78 Å². The number of Topliss-reactive ketones (excluding diaryl/α,β-unsaturated/α-hetero) is 1. The predicted octanol–water partition coefficient (Wildman–Crippen LogP) is 3.52. The first kappa shape index (κ1) is 12.6. The van der Waals surface area contributed by atoms with Crippen molar-refractivity contribution in [2.24, 2.45) is 0 Å². The number of ether oxygens (including phenoxy) is 1. The Morgan fingerprint density at radius 3 is 2.33 bits per heavy atom. The van der Waals surface area contributed by atoms with Crippen LogP contribution < -0.4 is 10.5 Å². The molecule has 0 radical (unpaired) electrons. The molecule has 1 aromatic heterocycles. The summed E-state index contributed by atoms with van der Waals surface area (Å²) in [6.45, 7) is 3.48. The third-order valence-electron chi connectivity index (χ3n) is 2.88. The van der Waals surface area contributed by atoms with Gasteiger partial charge in [0.05, 0.1) is 17.7 Å². The SMILES string of the molecule is COc1ccc(-c2sc(N)c(C(C)=O)c2C)cc1. The summed E-state index contributed by atoms with van der Waals surface area (Å²) in [5.74, 6) is 0.828. The lowest BCUT2D eigenvalue weighted by molar-refractivity contribution is 0.101. The van der Waals surface area contributed by atoms with E-state index >= 15 is 0 Å². The summed E-state index contributed by atoms with van der Waals surface area (Å²) in [6.07, 6.45) is 0. The summed E-state index contributed by atoms with van der Waals surface area (Å²) in [7, 11) is 1.64. The van der Waals surface area contributed by atoms with Crippen LogP contribution in [-0.4, -0.2) is 12.9 Å². The molecule has 18 heavy (non-hydrogen) atoms. The first-order valence-corrected chi connectivity index (χ1v) is 6.40. The Bertz CT molecular complexity index is 585. The van der Waals surface area contributed by atoms with Crippen LogP contribution in [0.5, 0.6) is 5.75 Å². The van der Waals surface area contributed by atoms with E-state index in [9.17, 15) is 4.79 Å². The lowest BCUT2D eigenvalue weighted by atomic mass is 10.0. The Morgan fingerprint density at radius 2 is 1.89 bits per heavy atom. The quantitative estimate of drug-likeness (QED) is 0.860. The van der Waals surface area contributed by atoms with Gasteiger partial charge in [0.2, 0.25) is 0 Å². The number of nitrogens with two attached hydrogens (primary N) is 1. The molecule has 1 heterocycles. The lowest BCUT2D eigenvalue weighted by Crippen LogP contribution is -1.97. The molecule has 94 valence electrons. The van der Waals surface area contributed by atoms with Crippen LogP contribution in [0.4, 0.5) is 5.00 Å². The van der Waals surface area contributed by atoms with E-state index in [1.54, 1.807) is 14.0 Å². The zero-order valence-corrected chi connectivity index (χ0v) is 11.4. The number of carbonyl (C=O) groups is 1. The van der Waals surface area contributed by atoms with Crippen molar-refractivity contribution in [1.29, 1.82) is 0 Å². The molecule has 0 amide bonds. The van der Waals surface area contributed by atoms with Gasteiger partial charge < -0.3 is 10.5 Å². The Labute approximate surface area is 110 Å². The fourth-order valence-electron chi connectivity index (χ4n) is 1.99. The van der Waals surface area contributed by atoms with Gasteiger partial charge in [-0.3, -0.25) is 4.79 Å². The predicted molar refractivity (Wildman–Crippen MR) is 75.5 cm³/mol. The lowest BCUT2D eigenvalue weighted by Gasteiger charge is -2.03. The highest BCUT2D eigenvalue weighted by molar-refractivity contribution is 7.19. The minimum absolute atomic E-state index is 0.0148. The Hall–Kier alpha value is -1.81. The van der Waals surface area contributed by atoms with Crippen LogP contribution in [0, 0.1) is 6.92 Å². The first-order chi connectivity index (χ1) is 8.54. The van der Waals surface area contributed by atoms with Crippen LogP contribution in [0.1, 0.15) is 22.8 Å². The molecule has 0 fully saturated rings. The molecule has 2 rings (SSSR count). The van der Waals surface area contributed by atoms with Crippen molar-refractivity contribution in [3.05, 3.63) is 35.4 Å². The third-order valence-corrected chi connectivity index (χ3v) is 4.05. The van der Waals surface area contributed by atoms with Gasteiger partial charge in [-0.2, -0.15) is 0 Å². The van der Waals surface area contributed by atoms with Crippen molar-refractivity contribution in [3.63, 3.8) is 0 Å². The van der Waals surface area contributed by atoms with E-state index in [0.29, 0.717) is 10.6 Å². The number of rotatable bonds is 3. The van der Waals surface area contributed by atoms with E-state index in [2.05, 4.69) is 0 Å². The zero-order chi connectivity index (χ0) is 13.3. The van der Waals surface area contributed by atoms with E-state index in [1.165, 1.54) is 11.3 Å². The Morgan fingerprint density at radius 1 is 1.28 bits per heavy atom. The molecular formula is C14H15NO2S. The number of hydrogen-bond donors (Lipinski definition) is 1. The maximum Gasteiger partial charge on any atom is 0.163 e. The molecule has 0 unspecified atom stereocenters. The summed E-state index contributed by atoms with van der Waals surface area (Å²) in [5.41, 5.74) is 8.56. The summed E-state index contributed by atoms with van der Waals surface area (Å²) in [5, 5.41) is 0.589. The van der Waals surface area contributed by atoms with Crippen molar-refractivity contribution >= 4 is 22.1 Å². The second-order valence-electron chi connectivity index (χ2n) is 4.08. The van der Waals surface area contributed by atoms with Crippen LogP contribution in [0.25, 0.3) is 10.4 Å². The number of methoxy groups -OCH3 is 1. The minimum Gasteiger partial charge on any atom is -0.497 e. The number of benzene rings is 1. The van der Waals surface area contributed by atoms with Crippen LogP contribution >= 0.6 is 11.3 Å². The average molecular weight is 261 g/mol. The summed E-state index contributed by atoms with van der Waals surface area (Å²) in [6, 6.07) is 7.75. The second kappa shape index (κ2) is 4.82. The monoisotopic (exact) mass is 261 g/mol. The number of hydrogen-bond acceptors (Lipinski definition) is 4. The second-order valence-corrected chi connectivity index (χ2v) is 5.13. The van der Waals surface area contributed by atoms with Crippen molar-refractivity contribution in [1.82, 2.24) is 0 Å². The topological polar surface area (TPSA) is 52.3 Å². The summed E-state index contributed by atoms with van der Waals surface area (Å²) in [4.78, 5) is 12.6. The molecule has 0 saturated carbocycles. The molecule has 0 aliphatic carbocycles. The third kappa shape index (κ3) is 2.11. The zero-order valence-electron chi connectivity index (χ0n) is 10.6. The first-order valence-electron chi connectivity index (χ1n) is 5.58. The van der Waals surface area contributed by atoms with Gasteiger partial charge in [0.1, 0.15) is 5.75 Å². The number of carbonyl (C=O) groups excluding carboxylic acids is 1. The molecule has 0 atom stereocenters. The summed E-state index contributed by atoms with van der Waals surface area (Å²) < 4.78 is 5.13. The van der Waals surface area contributed by atoms with Crippen molar-refractivity contribution in [3.8, 4) is 16.2 Å². The van der Waals surface area contributed by atoms with E-state index in [4.69, 9.17) is 10.5 Å². The molecule has 0 aliphatic rings. The van der Waals surface area contributed by atoms with Crippen molar-refractivity contribution < 1.29 is 9.53 Å². The Balaban J connectivity index is 2.50. The highest BCUT2D eigenvalue weighted by atomic mass is 32.1. The van der Waals surface area contributed by atoms with Gasteiger partial charge >= 0.3 is 0 Å². The van der Waals surface area contributed by atoms with E-state index in [0.717, 1.165) is 21.8 Å².